The van der Waals surface area contributed by atoms with Crippen LogP contribution in [0.5, 0.6) is 0 Å². The smallest absolute Gasteiger partial charge is 0.292 e. The van der Waals surface area contributed by atoms with E-state index in [4.69, 9.17) is 4.52 Å². The number of piperazine rings is 1. The number of amides is 1. The lowest BCUT2D eigenvalue weighted by Gasteiger charge is -2.34. The van der Waals surface area contributed by atoms with Gasteiger partial charge in [-0.05, 0) is 25.8 Å². The van der Waals surface area contributed by atoms with E-state index >= 15 is 0 Å². The van der Waals surface area contributed by atoms with Crippen molar-refractivity contribution in [2.75, 3.05) is 32.7 Å². The van der Waals surface area contributed by atoms with Gasteiger partial charge in [-0.15, -0.1) is 0 Å². The van der Waals surface area contributed by atoms with Crippen molar-refractivity contribution in [3.05, 3.63) is 17.5 Å². The summed E-state index contributed by atoms with van der Waals surface area (Å²) in [5.41, 5.74) is 0.749. The summed E-state index contributed by atoms with van der Waals surface area (Å²) in [6.45, 7) is 10.9. The van der Waals surface area contributed by atoms with E-state index in [1.54, 1.807) is 6.07 Å². The van der Waals surface area contributed by atoms with Crippen LogP contribution >= 0.6 is 0 Å². The molecule has 0 atom stereocenters. The van der Waals surface area contributed by atoms with E-state index in [1.165, 1.54) is 6.42 Å². The van der Waals surface area contributed by atoms with Gasteiger partial charge in [0.25, 0.3) is 5.91 Å². The highest BCUT2D eigenvalue weighted by Gasteiger charge is 2.24. The Kier molecular flexibility index (Phi) is 4.58. The van der Waals surface area contributed by atoms with Gasteiger partial charge < -0.3 is 9.42 Å². The number of carbonyl (C=O) groups is 1. The molecule has 0 aromatic carbocycles. The fraction of sp³-hybridized carbons (Fsp3) is 0.714. The molecule has 0 unspecified atom stereocenters. The highest BCUT2D eigenvalue weighted by molar-refractivity contribution is 5.91. The molecule has 2 heterocycles. The first-order valence-electron chi connectivity index (χ1n) is 7.01. The third-order valence-electron chi connectivity index (χ3n) is 3.52. The minimum Gasteiger partial charge on any atom is -0.351 e. The molecule has 1 fully saturated rings. The molecule has 1 aromatic heterocycles. The zero-order valence-corrected chi connectivity index (χ0v) is 12.1. The minimum atomic E-state index is -0.0379. The standard InChI is InChI=1S/C14H23N3O2/c1-11(2)4-5-16-6-8-17(9-7-16)14(18)13-10-12(3)15-19-13/h10-11H,4-9H2,1-3H3. The van der Waals surface area contributed by atoms with Crippen molar-refractivity contribution in [2.24, 2.45) is 5.92 Å². The first-order chi connectivity index (χ1) is 9.06. The summed E-state index contributed by atoms with van der Waals surface area (Å²) in [6.07, 6.45) is 1.22. The quantitative estimate of drug-likeness (QED) is 0.832. The molecule has 5 heteroatoms. The summed E-state index contributed by atoms with van der Waals surface area (Å²) in [4.78, 5) is 16.4. The predicted octanol–water partition coefficient (Wildman–Crippen LogP) is 1.79. The Morgan fingerprint density at radius 1 is 1.37 bits per heavy atom. The molecule has 5 nitrogen and oxygen atoms in total. The van der Waals surface area contributed by atoms with Gasteiger partial charge in [0.2, 0.25) is 5.76 Å². The number of nitrogens with zero attached hydrogens (tertiary/aromatic N) is 3. The second-order valence-electron chi connectivity index (χ2n) is 5.65. The van der Waals surface area contributed by atoms with Crippen LogP contribution in [0.2, 0.25) is 0 Å². The van der Waals surface area contributed by atoms with Gasteiger partial charge >= 0.3 is 0 Å². The second-order valence-corrected chi connectivity index (χ2v) is 5.65. The molecule has 0 radical (unpaired) electrons. The van der Waals surface area contributed by atoms with Crippen molar-refractivity contribution in [3.8, 4) is 0 Å². The van der Waals surface area contributed by atoms with E-state index in [9.17, 15) is 4.79 Å². The van der Waals surface area contributed by atoms with Crippen molar-refractivity contribution in [2.45, 2.75) is 27.2 Å². The maximum Gasteiger partial charge on any atom is 0.292 e. The van der Waals surface area contributed by atoms with Gasteiger partial charge in [-0.3, -0.25) is 9.69 Å². The lowest BCUT2D eigenvalue weighted by molar-refractivity contribution is 0.0592. The third-order valence-corrected chi connectivity index (χ3v) is 3.52. The van der Waals surface area contributed by atoms with E-state index in [0.717, 1.165) is 44.3 Å². The molecule has 1 aliphatic heterocycles. The normalized spacial score (nSPS) is 17.2. The number of rotatable bonds is 4. The highest BCUT2D eigenvalue weighted by Crippen LogP contribution is 2.11. The Labute approximate surface area is 114 Å². The van der Waals surface area contributed by atoms with Crippen molar-refractivity contribution < 1.29 is 9.32 Å². The number of hydrogen-bond donors (Lipinski definition) is 0. The number of hydrogen-bond acceptors (Lipinski definition) is 4. The van der Waals surface area contributed by atoms with Crippen LogP contribution in [0, 0.1) is 12.8 Å². The van der Waals surface area contributed by atoms with Gasteiger partial charge in [0.1, 0.15) is 0 Å². The fourth-order valence-electron chi connectivity index (χ4n) is 2.24. The van der Waals surface area contributed by atoms with Crippen molar-refractivity contribution in [1.82, 2.24) is 15.0 Å². The summed E-state index contributed by atoms with van der Waals surface area (Å²) in [5, 5.41) is 3.76. The predicted molar refractivity (Wildman–Crippen MR) is 73.0 cm³/mol. The summed E-state index contributed by atoms with van der Waals surface area (Å²) in [5.74, 6) is 1.05. The van der Waals surface area contributed by atoms with Crippen LogP contribution in [-0.4, -0.2) is 53.6 Å². The van der Waals surface area contributed by atoms with E-state index in [-0.39, 0.29) is 5.91 Å². The van der Waals surface area contributed by atoms with Gasteiger partial charge in [0.05, 0.1) is 5.69 Å². The molecule has 0 saturated carbocycles. The van der Waals surface area contributed by atoms with E-state index in [0.29, 0.717) is 5.76 Å². The summed E-state index contributed by atoms with van der Waals surface area (Å²) >= 11 is 0. The molecule has 2 rings (SSSR count). The molecule has 0 aliphatic carbocycles. The first-order valence-corrected chi connectivity index (χ1v) is 7.01. The molecule has 0 spiro atoms. The Bertz CT molecular complexity index is 420. The minimum absolute atomic E-state index is 0.0379. The second kappa shape index (κ2) is 6.19. The Morgan fingerprint density at radius 2 is 2.05 bits per heavy atom. The maximum absolute atomic E-state index is 12.2. The third kappa shape index (κ3) is 3.80. The first kappa shape index (κ1) is 14.1. The van der Waals surface area contributed by atoms with Crippen molar-refractivity contribution >= 4 is 5.91 Å². The summed E-state index contributed by atoms with van der Waals surface area (Å²) in [6, 6.07) is 1.70. The molecule has 106 valence electrons. The van der Waals surface area contributed by atoms with Crippen LogP contribution in [0.1, 0.15) is 36.5 Å². The zero-order valence-electron chi connectivity index (χ0n) is 12.1. The Balaban J connectivity index is 1.81. The lowest BCUT2D eigenvalue weighted by Crippen LogP contribution is -2.48. The number of aryl methyl sites for hydroxylation is 1. The average molecular weight is 265 g/mol. The van der Waals surface area contributed by atoms with E-state index in [1.807, 2.05) is 11.8 Å². The van der Waals surface area contributed by atoms with Crippen LogP contribution in [0.25, 0.3) is 0 Å². The zero-order chi connectivity index (χ0) is 13.8. The van der Waals surface area contributed by atoms with Gasteiger partial charge in [0, 0.05) is 32.2 Å². The monoisotopic (exact) mass is 265 g/mol. The molecule has 1 saturated heterocycles. The Morgan fingerprint density at radius 3 is 2.58 bits per heavy atom. The van der Waals surface area contributed by atoms with Crippen LogP contribution < -0.4 is 0 Å². The number of carbonyl (C=O) groups excluding carboxylic acids is 1. The molecule has 1 amide bonds. The van der Waals surface area contributed by atoms with E-state index in [2.05, 4.69) is 23.9 Å². The van der Waals surface area contributed by atoms with E-state index < -0.39 is 0 Å². The summed E-state index contributed by atoms with van der Waals surface area (Å²) < 4.78 is 5.03. The molecule has 19 heavy (non-hydrogen) atoms. The molecule has 1 aromatic rings. The lowest BCUT2D eigenvalue weighted by atomic mass is 10.1. The maximum atomic E-state index is 12.2. The largest absolute Gasteiger partial charge is 0.351 e. The van der Waals surface area contributed by atoms with Crippen molar-refractivity contribution in [3.63, 3.8) is 0 Å². The fourth-order valence-corrected chi connectivity index (χ4v) is 2.24. The molecule has 0 N–H and O–H groups in total. The molecule has 1 aliphatic rings. The molecular weight excluding hydrogens is 242 g/mol. The van der Waals surface area contributed by atoms with Crippen LogP contribution in [-0.2, 0) is 0 Å². The Hall–Kier alpha value is -1.36. The van der Waals surface area contributed by atoms with Gasteiger partial charge in [-0.2, -0.15) is 0 Å². The van der Waals surface area contributed by atoms with Crippen LogP contribution in [0.15, 0.2) is 10.6 Å². The van der Waals surface area contributed by atoms with Gasteiger partial charge in [0.15, 0.2) is 0 Å². The van der Waals surface area contributed by atoms with Gasteiger partial charge in [-0.25, -0.2) is 0 Å². The number of aromatic nitrogens is 1. The average Bonchev–Trinajstić information content (AvgIpc) is 2.83. The molecular formula is C14H23N3O2. The summed E-state index contributed by atoms with van der Waals surface area (Å²) in [7, 11) is 0. The molecule has 0 bridgehead atoms. The van der Waals surface area contributed by atoms with Crippen molar-refractivity contribution in [1.29, 1.82) is 0 Å². The highest BCUT2D eigenvalue weighted by atomic mass is 16.5. The van der Waals surface area contributed by atoms with Crippen LogP contribution in [0.3, 0.4) is 0 Å². The van der Waals surface area contributed by atoms with Gasteiger partial charge in [-0.1, -0.05) is 19.0 Å². The SMILES string of the molecule is Cc1cc(C(=O)N2CCN(CCC(C)C)CC2)on1. The topological polar surface area (TPSA) is 49.6 Å². The van der Waals surface area contributed by atoms with Crippen LogP contribution in [0.4, 0.5) is 0 Å².